The van der Waals surface area contributed by atoms with Crippen molar-refractivity contribution in [3.63, 3.8) is 0 Å². The molecule has 0 spiro atoms. The molecule has 2 aromatic carbocycles. The topological polar surface area (TPSA) is 52.9 Å². The number of hydrogen-bond acceptors (Lipinski definition) is 2. The average molecular weight is 264 g/mol. The number of carbonyl (C=O) groups excluding carboxylic acids is 1. The Kier molecular flexibility index (Phi) is 4.17. The minimum absolute atomic E-state index is 0.108. The van der Waals surface area contributed by atoms with Crippen LogP contribution in [0.15, 0.2) is 48.5 Å². The van der Waals surface area contributed by atoms with Gasteiger partial charge in [-0.15, -0.1) is 0 Å². The summed E-state index contributed by atoms with van der Waals surface area (Å²) in [6.07, 6.45) is 0. The minimum Gasteiger partial charge on any atom is -0.346 e. The zero-order valence-electron chi connectivity index (χ0n) is 11.6. The summed E-state index contributed by atoms with van der Waals surface area (Å²) in [5.41, 5.74) is 3.22. The van der Waals surface area contributed by atoms with Crippen molar-refractivity contribution < 1.29 is 4.79 Å². The third-order valence-corrected chi connectivity index (χ3v) is 3.14. The summed E-state index contributed by atoms with van der Waals surface area (Å²) in [4.78, 5) is 12.2. The second-order valence-corrected chi connectivity index (χ2v) is 4.80. The van der Waals surface area contributed by atoms with Gasteiger partial charge in [-0.3, -0.25) is 4.79 Å². The number of nitriles is 1. The van der Waals surface area contributed by atoms with Crippen molar-refractivity contribution in [1.82, 2.24) is 5.32 Å². The fraction of sp³-hybridized carbons (Fsp3) is 0.176. The molecule has 2 rings (SSSR count). The summed E-state index contributed by atoms with van der Waals surface area (Å²) < 4.78 is 0. The molecule has 0 saturated heterocycles. The zero-order valence-corrected chi connectivity index (χ0v) is 11.6. The van der Waals surface area contributed by atoms with Crippen molar-refractivity contribution in [2.75, 3.05) is 0 Å². The number of amides is 1. The van der Waals surface area contributed by atoms with Crippen LogP contribution in [0.1, 0.15) is 40.0 Å². The van der Waals surface area contributed by atoms with E-state index in [2.05, 4.69) is 11.4 Å². The van der Waals surface area contributed by atoms with Crippen LogP contribution >= 0.6 is 0 Å². The normalized spacial score (nSPS) is 11.4. The second-order valence-electron chi connectivity index (χ2n) is 4.80. The lowest BCUT2D eigenvalue weighted by molar-refractivity contribution is 0.0940. The molecule has 0 saturated carbocycles. The highest BCUT2D eigenvalue weighted by Crippen LogP contribution is 2.15. The molecule has 1 N–H and O–H groups in total. The van der Waals surface area contributed by atoms with Crippen LogP contribution in [0.3, 0.4) is 0 Å². The molecule has 0 fully saturated rings. The molecule has 20 heavy (non-hydrogen) atoms. The van der Waals surface area contributed by atoms with Crippen LogP contribution < -0.4 is 5.32 Å². The summed E-state index contributed by atoms with van der Waals surface area (Å²) in [7, 11) is 0. The van der Waals surface area contributed by atoms with E-state index in [1.165, 1.54) is 0 Å². The molecule has 0 aliphatic carbocycles. The van der Waals surface area contributed by atoms with Gasteiger partial charge < -0.3 is 5.32 Å². The number of rotatable bonds is 3. The maximum Gasteiger partial charge on any atom is 0.251 e. The van der Waals surface area contributed by atoms with Crippen molar-refractivity contribution in [3.8, 4) is 6.07 Å². The van der Waals surface area contributed by atoms with Gasteiger partial charge in [0.25, 0.3) is 5.91 Å². The number of benzene rings is 2. The van der Waals surface area contributed by atoms with Crippen LogP contribution in [0.4, 0.5) is 0 Å². The molecule has 0 unspecified atom stereocenters. The lowest BCUT2D eigenvalue weighted by Crippen LogP contribution is -2.26. The Balaban J connectivity index is 2.13. The molecule has 0 aliphatic rings. The van der Waals surface area contributed by atoms with Crippen molar-refractivity contribution >= 4 is 5.91 Å². The third-order valence-electron chi connectivity index (χ3n) is 3.14. The predicted molar refractivity (Wildman–Crippen MR) is 78.2 cm³/mol. The van der Waals surface area contributed by atoms with E-state index in [1.807, 2.05) is 44.2 Å². The number of nitrogens with one attached hydrogen (secondary N) is 1. The van der Waals surface area contributed by atoms with Gasteiger partial charge in [0.1, 0.15) is 0 Å². The van der Waals surface area contributed by atoms with Gasteiger partial charge in [0.05, 0.1) is 17.7 Å². The van der Waals surface area contributed by atoms with Gasteiger partial charge in [-0.2, -0.15) is 5.26 Å². The largest absolute Gasteiger partial charge is 0.346 e. The number of carbonyl (C=O) groups is 1. The summed E-state index contributed by atoms with van der Waals surface area (Å²) in [6, 6.07) is 16.7. The lowest BCUT2D eigenvalue weighted by atomic mass is 10.0. The van der Waals surface area contributed by atoms with Crippen LogP contribution in [-0.2, 0) is 0 Å². The molecular formula is C17H16N2O. The van der Waals surface area contributed by atoms with E-state index < -0.39 is 0 Å². The molecule has 0 aromatic heterocycles. The molecule has 0 bridgehead atoms. The Bertz CT molecular complexity index is 671. The number of aryl methyl sites for hydroxylation is 1. The highest BCUT2D eigenvalue weighted by molar-refractivity contribution is 5.94. The van der Waals surface area contributed by atoms with E-state index in [9.17, 15) is 4.79 Å². The first-order valence-corrected chi connectivity index (χ1v) is 6.48. The molecule has 0 radical (unpaired) electrons. The number of hydrogen-bond donors (Lipinski definition) is 1. The molecule has 0 aliphatic heterocycles. The zero-order chi connectivity index (χ0) is 14.5. The molecule has 100 valence electrons. The molecule has 0 heterocycles. The van der Waals surface area contributed by atoms with Crippen molar-refractivity contribution in [2.45, 2.75) is 19.9 Å². The van der Waals surface area contributed by atoms with Gasteiger partial charge in [0, 0.05) is 5.56 Å². The molecule has 3 heteroatoms. The molecule has 2 aromatic rings. The van der Waals surface area contributed by atoms with Gasteiger partial charge in [-0.25, -0.2) is 0 Å². The minimum atomic E-state index is -0.142. The second kappa shape index (κ2) is 6.03. The Labute approximate surface area is 118 Å². The smallest absolute Gasteiger partial charge is 0.251 e. The van der Waals surface area contributed by atoms with Gasteiger partial charge in [0.15, 0.2) is 0 Å². The summed E-state index contributed by atoms with van der Waals surface area (Å²) in [5.74, 6) is -0.108. The highest BCUT2D eigenvalue weighted by atomic mass is 16.1. The molecule has 3 nitrogen and oxygen atoms in total. The van der Waals surface area contributed by atoms with E-state index in [0.29, 0.717) is 11.1 Å². The first-order valence-electron chi connectivity index (χ1n) is 6.48. The summed E-state index contributed by atoms with van der Waals surface area (Å²) in [6.45, 7) is 3.86. The molecule has 1 atom stereocenters. The molecular weight excluding hydrogens is 248 g/mol. The van der Waals surface area contributed by atoms with E-state index in [4.69, 9.17) is 5.26 Å². The van der Waals surface area contributed by atoms with Crippen LogP contribution in [-0.4, -0.2) is 5.91 Å². The predicted octanol–water partition coefficient (Wildman–Crippen LogP) is 3.36. The van der Waals surface area contributed by atoms with Crippen LogP contribution in [0.5, 0.6) is 0 Å². The highest BCUT2D eigenvalue weighted by Gasteiger charge is 2.11. The maximum absolute atomic E-state index is 12.2. The van der Waals surface area contributed by atoms with Crippen molar-refractivity contribution in [3.05, 3.63) is 70.8 Å². The van der Waals surface area contributed by atoms with Crippen LogP contribution in [0.2, 0.25) is 0 Å². The van der Waals surface area contributed by atoms with E-state index >= 15 is 0 Å². The van der Waals surface area contributed by atoms with Gasteiger partial charge >= 0.3 is 0 Å². The van der Waals surface area contributed by atoms with Crippen LogP contribution in [0.25, 0.3) is 0 Å². The standard InChI is InChI=1S/C17H16N2O/c1-12-5-3-8-16(9-12)17(20)19-13(2)15-7-4-6-14(10-15)11-18/h3-10,13H,1-2H3,(H,19,20)/t13-/m0/s1. The van der Waals surface area contributed by atoms with E-state index in [0.717, 1.165) is 11.1 Å². The average Bonchev–Trinajstić information content (AvgIpc) is 2.47. The van der Waals surface area contributed by atoms with Crippen molar-refractivity contribution in [2.24, 2.45) is 0 Å². The fourth-order valence-corrected chi connectivity index (χ4v) is 2.03. The summed E-state index contributed by atoms with van der Waals surface area (Å²) >= 11 is 0. The first kappa shape index (κ1) is 13.8. The Hall–Kier alpha value is -2.60. The van der Waals surface area contributed by atoms with E-state index in [-0.39, 0.29) is 11.9 Å². The third kappa shape index (κ3) is 3.24. The Morgan fingerprint density at radius 1 is 1.20 bits per heavy atom. The Morgan fingerprint density at radius 2 is 1.95 bits per heavy atom. The van der Waals surface area contributed by atoms with Crippen LogP contribution in [0, 0.1) is 18.3 Å². The van der Waals surface area contributed by atoms with Gasteiger partial charge in [0.2, 0.25) is 0 Å². The quantitative estimate of drug-likeness (QED) is 0.924. The Morgan fingerprint density at radius 3 is 2.65 bits per heavy atom. The van der Waals surface area contributed by atoms with Gasteiger partial charge in [-0.05, 0) is 43.7 Å². The lowest BCUT2D eigenvalue weighted by Gasteiger charge is -2.14. The van der Waals surface area contributed by atoms with Crippen molar-refractivity contribution in [1.29, 1.82) is 5.26 Å². The monoisotopic (exact) mass is 264 g/mol. The fourth-order valence-electron chi connectivity index (χ4n) is 2.03. The number of nitrogens with zero attached hydrogens (tertiary/aromatic N) is 1. The SMILES string of the molecule is Cc1cccc(C(=O)N[C@@H](C)c2cccc(C#N)c2)c1. The summed E-state index contributed by atoms with van der Waals surface area (Å²) in [5, 5.41) is 11.8. The van der Waals surface area contributed by atoms with E-state index in [1.54, 1.807) is 18.2 Å². The van der Waals surface area contributed by atoms with Gasteiger partial charge in [-0.1, -0.05) is 29.8 Å². The first-order chi connectivity index (χ1) is 9.60. The molecule has 1 amide bonds. The maximum atomic E-state index is 12.2.